The number of hydrogen-bond donors (Lipinski definition) is 1. The fraction of sp³-hybridized carbons (Fsp3) is 0.667. The van der Waals surface area contributed by atoms with Crippen LogP contribution >= 0.6 is 0 Å². The summed E-state index contributed by atoms with van der Waals surface area (Å²) in [4.78, 5) is 0. The smallest absolute Gasteiger partial charge is 0.129 e. The maximum atomic E-state index is 13.9. The van der Waals surface area contributed by atoms with Crippen LogP contribution in [0, 0.1) is 29.4 Å². The average Bonchev–Trinajstić information content (AvgIpc) is 2.43. The summed E-state index contributed by atoms with van der Waals surface area (Å²) < 4.78 is 27.0. The predicted octanol–water partition coefficient (Wildman–Crippen LogP) is 4.56. The lowest BCUT2D eigenvalue weighted by Crippen LogP contribution is -2.42. The third-order valence-electron chi connectivity index (χ3n) is 4.93. The maximum absolute atomic E-state index is 13.9. The van der Waals surface area contributed by atoms with E-state index in [-0.39, 0.29) is 0 Å². The van der Waals surface area contributed by atoms with E-state index in [2.05, 4.69) is 26.1 Å². The van der Waals surface area contributed by atoms with Crippen molar-refractivity contribution < 1.29 is 8.78 Å². The van der Waals surface area contributed by atoms with Crippen molar-refractivity contribution in [3.63, 3.8) is 0 Å². The van der Waals surface area contributed by atoms with E-state index in [0.717, 1.165) is 25.5 Å². The zero-order valence-electron chi connectivity index (χ0n) is 13.3. The van der Waals surface area contributed by atoms with Crippen LogP contribution < -0.4 is 5.32 Å². The zero-order chi connectivity index (χ0) is 15.4. The third kappa shape index (κ3) is 4.26. The molecule has 1 aliphatic carbocycles. The molecule has 1 nitrogen and oxygen atoms in total. The van der Waals surface area contributed by atoms with Gasteiger partial charge in [-0.3, -0.25) is 0 Å². The molecule has 0 aliphatic heterocycles. The second kappa shape index (κ2) is 7.35. The van der Waals surface area contributed by atoms with Crippen LogP contribution in [-0.2, 0) is 6.42 Å². The predicted molar refractivity (Wildman–Crippen MR) is 83.2 cm³/mol. The van der Waals surface area contributed by atoms with Gasteiger partial charge in [0, 0.05) is 12.1 Å². The molecule has 1 aromatic carbocycles. The molecule has 3 atom stereocenters. The number of benzene rings is 1. The first-order chi connectivity index (χ1) is 10.0. The highest BCUT2D eigenvalue weighted by molar-refractivity contribution is 5.19. The SMILES string of the molecule is CCNC1CCC(C(C)C)CC1Cc1ccc(F)cc1F. The van der Waals surface area contributed by atoms with E-state index in [9.17, 15) is 8.78 Å². The Labute approximate surface area is 127 Å². The van der Waals surface area contributed by atoms with E-state index < -0.39 is 11.6 Å². The van der Waals surface area contributed by atoms with Crippen LogP contribution in [0.3, 0.4) is 0 Å². The van der Waals surface area contributed by atoms with E-state index in [4.69, 9.17) is 0 Å². The van der Waals surface area contributed by atoms with Crippen molar-refractivity contribution in [3.05, 3.63) is 35.4 Å². The lowest BCUT2D eigenvalue weighted by Gasteiger charge is -2.38. The van der Waals surface area contributed by atoms with Crippen molar-refractivity contribution in [2.24, 2.45) is 17.8 Å². The van der Waals surface area contributed by atoms with Gasteiger partial charge in [-0.05, 0) is 61.6 Å². The van der Waals surface area contributed by atoms with Gasteiger partial charge in [0.2, 0.25) is 0 Å². The summed E-state index contributed by atoms with van der Waals surface area (Å²) >= 11 is 0. The van der Waals surface area contributed by atoms with Gasteiger partial charge in [0.05, 0.1) is 0 Å². The molecule has 0 saturated heterocycles. The molecule has 1 aliphatic rings. The molecule has 0 spiro atoms. The molecule has 1 N–H and O–H groups in total. The van der Waals surface area contributed by atoms with E-state index in [1.807, 2.05) is 0 Å². The molecule has 2 rings (SSSR count). The van der Waals surface area contributed by atoms with Crippen LogP contribution in [0.2, 0.25) is 0 Å². The van der Waals surface area contributed by atoms with Crippen molar-refractivity contribution in [1.29, 1.82) is 0 Å². The molecule has 3 unspecified atom stereocenters. The van der Waals surface area contributed by atoms with Crippen molar-refractivity contribution in [2.45, 2.75) is 52.5 Å². The van der Waals surface area contributed by atoms with Gasteiger partial charge in [-0.2, -0.15) is 0 Å². The van der Waals surface area contributed by atoms with Gasteiger partial charge in [-0.1, -0.05) is 26.8 Å². The van der Waals surface area contributed by atoms with Crippen LogP contribution in [0.15, 0.2) is 18.2 Å². The monoisotopic (exact) mass is 295 g/mol. The molecule has 118 valence electrons. The summed E-state index contributed by atoms with van der Waals surface area (Å²) in [5.74, 6) is 0.924. The van der Waals surface area contributed by atoms with Crippen molar-refractivity contribution in [1.82, 2.24) is 5.32 Å². The Balaban J connectivity index is 2.11. The van der Waals surface area contributed by atoms with Crippen LogP contribution in [0.4, 0.5) is 8.78 Å². The minimum atomic E-state index is -0.497. The molecular formula is C18H27F2N. The van der Waals surface area contributed by atoms with E-state index in [0.29, 0.717) is 35.8 Å². The summed E-state index contributed by atoms with van der Waals surface area (Å²) in [5.41, 5.74) is 0.647. The Morgan fingerprint density at radius 1 is 1.24 bits per heavy atom. The van der Waals surface area contributed by atoms with Crippen molar-refractivity contribution >= 4 is 0 Å². The average molecular weight is 295 g/mol. The number of nitrogens with one attached hydrogen (secondary N) is 1. The zero-order valence-corrected chi connectivity index (χ0v) is 13.3. The van der Waals surface area contributed by atoms with E-state index >= 15 is 0 Å². The minimum absolute atomic E-state index is 0.406. The summed E-state index contributed by atoms with van der Waals surface area (Å²) in [7, 11) is 0. The number of halogens is 2. The largest absolute Gasteiger partial charge is 0.314 e. The molecule has 1 fully saturated rings. The molecule has 1 aromatic rings. The molecule has 0 aromatic heterocycles. The molecule has 21 heavy (non-hydrogen) atoms. The van der Waals surface area contributed by atoms with Gasteiger partial charge in [0.25, 0.3) is 0 Å². The Morgan fingerprint density at radius 3 is 2.62 bits per heavy atom. The summed E-state index contributed by atoms with van der Waals surface area (Å²) in [5, 5.41) is 3.55. The van der Waals surface area contributed by atoms with Gasteiger partial charge in [-0.15, -0.1) is 0 Å². The molecule has 0 amide bonds. The molecule has 0 bridgehead atoms. The molecule has 0 heterocycles. The molecule has 3 heteroatoms. The maximum Gasteiger partial charge on any atom is 0.129 e. The van der Waals surface area contributed by atoms with E-state index in [1.165, 1.54) is 12.5 Å². The lowest BCUT2D eigenvalue weighted by atomic mass is 9.71. The fourth-order valence-corrected chi connectivity index (χ4v) is 3.63. The quantitative estimate of drug-likeness (QED) is 0.840. The number of hydrogen-bond acceptors (Lipinski definition) is 1. The van der Waals surface area contributed by atoms with Crippen LogP contribution in [-0.4, -0.2) is 12.6 Å². The highest BCUT2D eigenvalue weighted by Crippen LogP contribution is 2.36. The first-order valence-electron chi connectivity index (χ1n) is 8.18. The molecule has 1 saturated carbocycles. The number of rotatable bonds is 5. The highest BCUT2D eigenvalue weighted by Gasteiger charge is 2.31. The second-order valence-electron chi connectivity index (χ2n) is 6.68. The lowest BCUT2D eigenvalue weighted by molar-refractivity contribution is 0.168. The third-order valence-corrected chi connectivity index (χ3v) is 4.93. The van der Waals surface area contributed by atoms with Gasteiger partial charge >= 0.3 is 0 Å². The summed E-state index contributed by atoms with van der Waals surface area (Å²) in [6.07, 6.45) is 4.24. The topological polar surface area (TPSA) is 12.0 Å². The Morgan fingerprint density at radius 2 is 2.00 bits per heavy atom. The fourth-order valence-electron chi connectivity index (χ4n) is 3.63. The summed E-state index contributed by atoms with van der Waals surface area (Å²) in [6.45, 7) is 7.60. The standard InChI is InChI=1S/C18H27F2N/c1-4-21-18-8-6-13(12(2)3)9-15(18)10-14-5-7-16(19)11-17(14)20/h5,7,11-13,15,18,21H,4,6,8-10H2,1-3H3. The molecular weight excluding hydrogens is 268 g/mol. The second-order valence-corrected chi connectivity index (χ2v) is 6.68. The molecule has 0 radical (unpaired) electrons. The summed E-state index contributed by atoms with van der Waals surface area (Å²) in [6, 6.07) is 4.42. The Kier molecular flexibility index (Phi) is 5.74. The minimum Gasteiger partial charge on any atom is -0.314 e. The van der Waals surface area contributed by atoms with Crippen LogP contribution in [0.25, 0.3) is 0 Å². The van der Waals surface area contributed by atoms with Gasteiger partial charge < -0.3 is 5.32 Å². The Bertz CT molecular complexity index is 459. The normalized spacial score (nSPS) is 26.3. The Hall–Kier alpha value is -0.960. The highest BCUT2D eigenvalue weighted by atomic mass is 19.1. The van der Waals surface area contributed by atoms with Gasteiger partial charge in [-0.25, -0.2) is 8.78 Å². The van der Waals surface area contributed by atoms with Gasteiger partial charge in [0.1, 0.15) is 11.6 Å². The van der Waals surface area contributed by atoms with Gasteiger partial charge in [0.15, 0.2) is 0 Å². The van der Waals surface area contributed by atoms with E-state index in [1.54, 1.807) is 6.07 Å². The first kappa shape index (κ1) is 16.4. The van der Waals surface area contributed by atoms with Crippen LogP contribution in [0.1, 0.15) is 45.6 Å². The first-order valence-corrected chi connectivity index (χ1v) is 8.18. The van der Waals surface area contributed by atoms with Crippen LogP contribution in [0.5, 0.6) is 0 Å². The van der Waals surface area contributed by atoms with Crippen molar-refractivity contribution in [2.75, 3.05) is 6.54 Å². The van der Waals surface area contributed by atoms with Crippen molar-refractivity contribution in [3.8, 4) is 0 Å².